The average molecular weight is 281 g/mol. The quantitative estimate of drug-likeness (QED) is 0.486. The Morgan fingerprint density at radius 2 is 2.27 bits per heavy atom. The van der Waals surface area contributed by atoms with Gasteiger partial charge in [0, 0.05) is 16.5 Å². The Kier molecular flexibility index (Phi) is 3.67. The lowest BCUT2D eigenvalue weighted by Gasteiger charge is -2.03. The highest BCUT2D eigenvalue weighted by atomic mass is 79.9. The highest BCUT2D eigenvalue weighted by Gasteiger charge is 2.25. The Balaban J connectivity index is 3.37. The predicted octanol–water partition coefficient (Wildman–Crippen LogP) is 3.13. The normalized spacial score (nSPS) is 10.7. The number of hydrogen-bond acceptors (Lipinski definition) is 3. The molecule has 1 heterocycles. The van der Waals surface area contributed by atoms with Crippen LogP contribution < -0.4 is 0 Å². The zero-order valence-corrected chi connectivity index (χ0v) is 9.29. The molecule has 0 saturated heterocycles. The standard InChI is InChI=1S/C8H7BrF2N2O2/c1-4-2-5(3-9)6(7(10)11)12-8(4)13(14)15/h2,7H,3H2,1H3. The maximum atomic E-state index is 12.5. The Hall–Kier alpha value is -1.11. The van der Waals surface area contributed by atoms with Gasteiger partial charge >= 0.3 is 12.2 Å². The largest absolute Gasteiger partial charge is 0.366 e. The molecule has 4 nitrogen and oxygen atoms in total. The molecule has 0 N–H and O–H groups in total. The van der Waals surface area contributed by atoms with Crippen molar-refractivity contribution in [1.82, 2.24) is 4.98 Å². The van der Waals surface area contributed by atoms with Gasteiger partial charge in [0.25, 0.3) is 0 Å². The van der Waals surface area contributed by atoms with Gasteiger partial charge in [-0.25, -0.2) is 8.78 Å². The summed E-state index contributed by atoms with van der Waals surface area (Å²) in [5, 5.41) is 10.7. The van der Waals surface area contributed by atoms with Crippen molar-refractivity contribution in [2.75, 3.05) is 0 Å². The summed E-state index contributed by atoms with van der Waals surface area (Å²) in [6.07, 6.45) is -2.81. The van der Waals surface area contributed by atoms with Gasteiger partial charge in [-0.1, -0.05) is 15.9 Å². The molecule has 0 aliphatic heterocycles. The molecule has 0 amide bonds. The van der Waals surface area contributed by atoms with Crippen LogP contribution in [-0.4, -0.2) is 9.91 Å². The van der Waals surface area contributed by atoms with Gasteiger partial charge in [-0.3, -0.25) is 0 Å². The summed E-state index contributed by atoms with van der Waals surface area (Å²) in [5.41, 5.74) is 0.0103. The Labute approximate surface area is 92.6 Å². The van der Waals surface area contributed by atoms with Crippen molar-refractivity contribution in [3.8, 4) is 0 Å². The molecule has 1 aromatic heterocycles. The number of hydrogen-bond donors (Lipinski definition) is 0. The van der Waals surface area contributed by atoms with Gasteiger partial charge in [-0.05, 0) is 22.9 Å². The lowest BCUT2D eigenvalue weighted by Crippen LogP contribution is -2.03. The molecule has 0 unspecified atom stereocenters. The van der Waals surface area contributed by atoms with Gasteiger partial charge in [0.15, 0.2) is 0 Å². The van der Waals surface area contributed by atoms with Crippen molar-refractivity contribution >= 4 is 21.7 Å². The molecule has 0 saturated carbocycles. The Morgan fingerprint density at radius 1 is 1.67 bits per heavy atom. The molecule has 82 valence electrons. The first-order chi connectivity index (χ1) is 6.97. The molecule has 0 bridgehead atoms. The SMILES string of the molecule is Cc1cc(CBr)c(C(F)F)nc1[N+](=O)[O-]. The minimum atomic E-state index is -2.81. The fraction of sp³-hybridized carbons (Fsp3) is 0.375. The van der Waals surface area contributed by atoms with Crippen molar-refractivity contribution in [2.45, 2.75) is 18.7 Å². The molecule has 0 aliphatic carbocycles. The van der Waals surface area contributed by atoms with Crippen molar-refractivity contribution in [3.63, 3.8) is 0 Å². The summed E-state index contributed by atoms with van der Waals surface area (Å²) in [7, 11) is 0. The van der Waals surface area contributed by atoms with E-state index < -0.39 is 22.9 Å². The molecule has 0 fully saturated rings. The Morgan fingerprint density at radius 3 is 2.67 bits per heavy atom. The summed E-state index contributed by atoms with van der Waals surface area (Å²) in [5.74, 6) is -0.519. The van der Waals surface area contributed by atoms with E-state index in [0.717, 1.165) is 0 Å². The number of rotatable bonds is 3. The number of nitro groups is 1. The molecule has 0 atom stereocenters. The van der Waals surface area contributed by atoms with Crippen LogP contribution >= 0.6 is 15.9 Å². The smallest absolute Gasteiger partial charge is 0.358 e. The highest BCUT2D eigenvalue weighted by molar-refractivity contribution is 9.08. The van der Waals surface area contributed by atoms with E-state index in [2.05, 4.69) is 20.9 Å². The minimum Gasteiger partial charge on any atom is -0.358 e. The van der Waals surface area contributed by atoms with E-state index in [-0.39, 0.29) is 16.5 Å². The van der Waals surface area contributed by atoms with Crippen LogP contribution in [0.15, 0.2) is 6.07 Å². The van der Waals surface area contributed by atoms with Crippen LogP contribution in [-0.2, 0) is 5.33 Å². The van der Waals surface area contributed by atoms with Gasteiger partial charge in [0.2, 0.25) is 5.69 Å². The fourth-order valence-electron chi connectivity index (χ4n) is 1.15. The number of aryl methyl sites for hydroxylation is 1. The summed E-state index contributed by atoms with van der Waals surface area (Å²) >= 11 is 3.03. The third kappa shape index (κ3) is 2.47. The second kappa shape index (κ2) is 4.61. The summed E-state index contributed by atoms with van der Waals surface area (Å²) in [6, 6.07) is 1.35. The maximum Gasteiger partial charge on any atom is 0.366 e. The van der Waals surface area contributed by atoms with E-state index in [1.807, 2.05) is 0 Å². The molecule has 1 aromatic rings. The first-order valence-corrected chi connectivity index (χ1v) is 5.08. The molecule has 15 heavy (non-hydrogen) atoms. The topological polar surface area (TPSA) is 56.0 Å². The number of halogens is 3. The van der Waals surface area contributed by atoms with Gasteiger partial charge in [-0.15, -0.1) is 0 Å². The molecule has 0 aromatic carbocycles. The fourth-order valence-corrected chi connectivity index (χ4v) is 1.60. The van der Waals surface area contributed by atoms with Crippen LogP contribution in [0.3, 0.4) is 0 Å². The molecule has 7 heteroatoms. The molecule has 0 aliphatic rings. The third-order valence-electron chi connectivity index (χ3n) is 1.82. The van der Waals surface area contributed by atoms with E-state index in [9.17, 15) is 18.9 Å². The van der Waals surface area contributed by atoms with Crippen LogP contribution in [0.1, 0.15) is 23.2 Å². The van der Waals surface area contributed by atoms with E-state index >= 15 is 0 Å². The molecular formula is C8H7BrF2N2O2. The van der Waals surface area contributed by atoms with Crippen LogP contribution in [0.4, 0.5) is 14.6 Å². The number of pyridine rings is 1. The lowest BCUT2D eigenvalue weighted by atomic mass is 10.1. The molecule has 0 spiro atoms. The number of alkyl halides is 3. The van der Waals surface area contributed by atoms with Crippen LogP contribution in [0.2, 0.25) is 0 Å². The second-order valence-electron chi connectivity index (χ2n) is 2.86. The van der Waals surface area contributed by atoms with E-state index in [1.54, 1.807) is 0 Å². The first kappa shape index (κ1) is 12.0. The number of nitrogens with zero attached hydrogens (tertiary/aromatic N) is 2. The summed E-state index contributed by atoms with van der Waals surface area (Å²) in [6.45, 7) is 1.46. The molecule has 1 rings (SSSR count). The van der Waals surface area contributed by atoms with Gasteiger partial charge in [0.05, 0.1) is 0 Å². The highest BCUT2D eigenvalue weighted by Crippen LogP contribution is 2.27. The van der Waals surface area contributed by atoms with Gasteiger partial charge in [-0.2, -0.15) is 0 Å². The monoisotopic (exact) mass is 280 g/mol. The third-order valence-corrected chi connectivity index (χ3v) is 2.43. The van der Waals surface area contributed by atoms with Crippen LogP contribution in [0.25, 0.3) is 0 Å². The average Bonchev–Trinajstić information content (AvgIpc) is 2.16. The van der Waals surface area contributed by atoms with Gasteiger partial charge < -0.3 is 10.1 Å². The first-order valence-electron chi connectivity index (χ1n) is 3.96. The zero-order chi connectivity index (χ0) is 11.6. The summed E-state index contributed by atoms with van der Waals surface area (Å²) in [4.78, 5) is 13.1. The molecule has 0 radical (unpaired) electrons. The summed E-state index contributed by atoms with van der Waals surface area (Å²) < 4.78 is 25.0. The Bertz CT molecular complexity index is 398. The van der Waals surface area contributed by atoms with Crippen molar-refractivity contribution < 1.29 is 13.7 Å². The van der Waals surface area contributed by atoms with E-state index in [0.29, 0.717) is 0 Å². The molecular weight excluding hydrogens is 274 g/mol. The van der Waals surface area contributed by atoms with Gasteiger partial charge in [0.1, 0.15) is 0 Å². The predicted molar refractivity (Wildman–Crippen MR) is 53.2 cm³/mol. The maximum absolute atomic E-state index is 12.5. The van der Waals surface area contributed by atoms with Crippen molar-refractivity contribution in [3.05, 3.63) is 33.0 Å². The van der Waals surface area contributed by atoms with Crippen molar-refractivity contribution in [2.24, 2.45) is 0 Å². The lowest BCUT2D eigenvalue weighted by molar-refractivity contribution is -0.390. The van der Waals surface area contributed by atoms with E-state index in [4.69, 9.17) is 0 Å². The zero-order valence-electron chi connectivity index (χ0n) is 7.71. The van der Waals surface area contributed by atoms with Crippen LogP contribution in [0, 0.1) is 17.0 Å². The minimum absolute atomic E-state index is 0.193. The van der Waals surface area contributed by atoms with Crippen LogP contribution in [0.5, 0.6) is 0 Å². The van der Waals surface area contributed by atoms with E-state index in [1.165, 1.54) is 13.0 Å². The number of aromatic nitrogens is 1. The van der Waals surface area contributed by atoms with Crippen molar-refractivity contribution in [1.29, 1.82) is 0 Å². The second-order valence-corrected chi connectivity index (χ2v) is 3.43.